The first-order valence-electron chi connectivity index (χ1n) is 7.75. The Hall–Kier alpha value is -3.33. The first-order valence-corrected chi connectivity index (χ1v) is 7.75. The quantitative estimate of drug-likeness (QED) is 0.847. The standard InChI is InChI=1S/C19H19N3O3/c1-13-7-8-17(14(2)11-13)25-12-19(24)22-16-6-4-3-5-15(16)21-18(23)9-10-20/h3-8,11H,9,12H2,1-2H3,(H,21,23)(H,22,24). The Balaban J connectivity index is 1.98. The van der Waals surface area contributed by atoms with Crippen LogP contribution in [0.5, 0.6) is 5.75 Å². The molecule has 0 fully saturated rings. The van der Waals surface area contributed by atoms with Crippen LogP contribution in [0.1, 0.15) is 17.5 Å². The summed E-state index contributed by atoms with van der Waals surface area (Å²) in [6, 6.07) is 14.3. The Morgan fingerprint density at radius 2 is 1.68 bits per heavy atom. The van der Waals surface area contributed by atoms with Crippen molar-refractivity contribution >= 4 is 23.2 Å². The lowest BCUT2D eigenvalue weighted by Crippen LogP contribution is -2.21. The highest BCUT2D eigenvalue weighted by atomic mass is 16.5. The van der Waals surface area contributed by atoms with Gasteiger partial charge in [0.25, 0.3) is 5.91 Å². The number of nitrogens with zero attached hydrogens (tertiary/aromatic N) is 1. The Labute approximate surface area is 146 Å². The summed E-state index contributed by atoms with van der Waals surface area (Å²) in [5.74, 6) is -0.131. The van der Waals surface area contributed by atoms with Crippen LogP contribution >= 0.6 is 0 Å². The zero-order chi connectivity index (χ0) is 18.2. The van der Waals surface area contributed by atoms with E-state index in [0.29, 0.717) is 17.1 Å². The van der Waals surface area contributed by atoms with Crippen LogP contribution in [0.3, 0.4) is 0 Å². The van der Waals surface area contributed by atoms with Crippen LogP contribution in [-0.2, 0) is 9.59 Å². The van der Waals surface area contributed by atoms with Gasteiger partial charge in [0.1, 0.15) is 12.2 Å². The molecule has 0 bridgehead atoms. The van der Waals surface area contributed by atoms with Gasteiger partial charge in [-0.15, -0.1) is 0 Å². The van der Waals surface area contributed by atoms with E-state index in [2.05, 4.69) is 10.6 Å². The van der Waals surface area contributed by atoms with E-state index in [4.69, 9.17) is 10.00 Å². The smallest absolute Gasteiger partial charge is 0.262 e. The highest BCUT2D eigenvalue weighted by molar-refractivity contribution is 6.00. The SMILES string of the molecule is Cc1ccc(OCC(=O)Nc2ccccc2NC(=O)CC#N)c(C)c1. The number of hydrogen-bond acceptors (Lipinski definition) is 4. The van der Waals surface area contributed by atoms with Gasteiger partial charge in [0.15, 0.2) is 6.61 Å². The minimum atomic E-state index is -0.435. The van der Waals surface area contributed by atoms with E-state index in [1.165, 1.54) is 0 Å². The number of hydrogen-bond donors (Lipinski definition) is 2. The summed E-state index contributed by atoms with van der Waals surface area (Å²) >= 11 is 0. The van der Waals surface area contributed by atoms with Crippen LogP contribution in [-0.4, -0.2) is 18.4 Å². The van der Waals surface area contributed by atoms with Crippen molar-refractivity contribution in [1.82, 2.24) is 0 Å². The number of carbonyl (C=O) groups excluding carboxylic acids is 2. The van der Waals surface area contributed by atoms with E-state index in [1.807, 2.05) is 32.0 Å². The largest absolute Gasteiger partial charge is 0.483 e. The van der Waals surface area contributed by atoms with Crippen LogP contribution in [0.25, 0.3) is 0 Å². The van der Waals surface area contributed by atoms with E-state index in [0.717, 1.165) is 11.1 Å². The second-order valence-electron chi connectivity index (χ2n) is 5.53. The predicted molar refractivity (Wildman–Crippen MR) is 95.3 cm³/mol. The first kappa shape index (κ1) is 18.0. The number of nitrogens with one attached hydrogen (secondary N) is 2. The predicted octanol–water partition coefficient (Wildman–Crippen LogP) is 3.17. The summed E-state index contributed by atoms with van der Waals surface area (Å²) in [4.78, 5) is 23.7. The molecule has 2 amide bonds. The summed E-state index contributed by atoms with van der Waals surface area (Å²) in [5, 5.41) is 13.8. The number of rotatable bonds is 6. The van der Waals surface area contributed by atoms with Crippen LogP contribution in [0.4, 0.5) is 11.4 Å². The molecule has 2 aromatic rings. The molecule has 0 saturated carbocycles. The summed E-state index contributed by atoms with van der Waals surface area (Å²) in [5.41, 5.74) is 2.96. The van der Waals surface area contributed by atoms with Crippen molar-refractivity contribution in [3.8, 4) is 11.8 Å². The van der Waals surface area contributed by atoms with Crippen molar-refractivity contribution < 1.29 is 14.3 Å². The number of aryl methyl sites for hydroxylation is 2. The molecule has 0 atom stereocenters. The molecule has 25 heavy (non-hydrogen) atoms. The molecule has 0 heterocycles. The number of carbonyl (C=O) groups is 2. The highest BCUT2D eigenvalue weighted by Crippen LogP contribution is 2.22. The molecular weight excluding hydrogens is 318 g/mol. The van der Waals surface area contributed by atoms with Gasteiger partial charge in [-0.05, 0) is 37.6 Å². The summed E-state index contributed by atoms with van der Waals surface area (Å²) in [6.07, 6.45) is -0.252. The molecule has 2 rings (SSSR count). The lowest BCUT2D eigenvalue weighted by atomic mass is 10.1. The van der Waals surface area contributed by atoms with Crippen LogP contribution in [0, 0.1) is 25.2 Å². The van der Waals surface area contributed by atoms with Gasteiger partial charge in [-0.3, -0.25) is 9.59 Å². The number of nitriles is 1. The molecule has 0 radical (unpaired) electrons. The van der Waals surface area contributed by atoms with Gasteiger partial charge in [0, 0.05) is 0 Å². The fraction of sp³-hybridized carbons (Fsp3) is 0.211. The van der Waals surface area contributed by atoms with E-state index >= 15 is 0 Å². The maximum atomic E-state index is 12.1. The molecule has 2 aromatic carbocycles. The lowest BCUT2D eigenvalue weighted by Gasteiger charge is -2.13. The monoisotopic (exact) mass is 337 g/mol. The lowest BCUT2D eigenvalue weighted by molar-refractivity contribution is -0.118. The number of para-hydroxylation sites is 2. The molecule has 6 heteroatoms. The van der Waals surface area contributed by atoms with Gasteiger partial charge in [0.2, 0.25) is 5.91 Å². The fourth-order valence-corrected chi connectivity index (χ4v) is 2.26. The van der Waals surface area contributed by atoms with Crippen molar-refractivity contribution in [1.29, 1.82) is 5.26 Å². The fourth-order valence-electron chi connectivity index (χ4n) is 2.26. The van der Waals surface area contributed by atoms with Gasteiger partial charge in [0.05, 0.1) is 17.4 Å². The minimum absolute atomic E-state index is 0.148. The van der Waals surface area contributed by atoms with Crippen LogP contribution < -0.4 is 15.4 Å². The van der Waals surface area contributed by atoms with Crippen molar-refractivity contribution in [2.75, 3.05) is 17.2 Å². The number of anilines is 2. The van der Waals surface area contributed by atoms with Gasteiger partial charge in [-0.25, -0.2) is 0 Å². The molecule has 6 nitrogen and oxygen atoms in total. The number of amides is 2. The number of benzene rings is 2. The third-order valence-electron chi connectivity index (χ3n) is 3.40. The normalized spacial score (nSPS) is 9.80. The Morgan fingerprint density at radius 3 is 2.28 bits per heavy atom. The van der Waals surface area contributed by atoms with E-state index in [-0.39, 0.29) is 18.9 Å². The van der Waals surface area contributed by atoms with E-state index < -0.39 is 5.91 Å². The third kappa shape index (κ3) is 5.36. The molecule has 0 saturated heterocycles. The van der Waals surface area contributed by atoms with E-state index in [9.17, 15) is 9.59 Å². The molecule has 0 aliphatic rings. The van der Waals surface area contributed by atoms with Gasteiger partial charge in [-0.1, -0.05) is 29.8 Å². The molecule has 0 aliphatic heterocycles. The average molecular weight is 337 g/mol. The van der Waals surface area contributed by atoms with Crippen LogP contribution in [0.2, 0.25) is 0 Å². The Morgan fingerprint density at radius 1 is 1.04 bits per heavy atom. The molecule has 0 spiro atoms. The molecule has 2 N–H and O–H groups in total. The molecule has 0 aliphatic carbocycles. The maximum Gasteiger partial charge on any atom is 0.262 e. The minimum Gasteiger partial charge on any atom is -0.483 e. The van der Waals surface area contributed by atoms with Crippen molar-refractivity contribution in [3.63, 3.8) is 0 Å². The highest BCUT2D eigenvalue weighted by Gasteiger charge is 2.10. The Bertz CT molecular complexity index is 825. The van der Waals surface area contributed by atoms with Crippen molar-refractivity contribution in [2.24, 2.45) is 0 Å². The van der Waals surface area contributed by atoms with E-state index in [1.54, 1.807) is 30.3 Å². The topological polar surface area (TPSA) is 91.2 Å². The first-order chi connectivity index (χ1) is 12.0. The summed E-state index contributed by atoms with van der Waals surface area (Å²) in [6.45, 7) is 3.76. The van der Waals surface area contributed by atoms with Crippen molar-refractivity contribution in [3.05, 3.63) is 53.6 Å². The van der Waals surface area contributed by atoms with Gasteiger partial charge in [-0.2, -0.15) is 5.26 Å². The molecule has 128 valence electrons. The molecule has 0 unspecified atom stereocenters. The average Bonchev–Trinajstić information content (AvgIpc) is 2.56. The van der Waals surface area contributed by atoms with Crippen LogP contribution in [0.15, 0.2) is 42.5 Å². The zero-order valence-corrected chi connectivity index (χ0v) is 14.1. The molecule has 0 aromatic heterocycles. The summed E-state index contributed by atoms with van der Waals surface area (Å²) in [7, 11) is 0. The summed E-state index contributed by atoms with van der Waals surface area (Å²) < 4.78 is 5.54. The third-order valence-corrected chi connectivity index (χ3v) is 3.40. The number of ether oxygens (including phenoxy) is 1. The maximum absolute atomic E-state index is 12.1. The van der Waals surface area contributed by atoms with Crippen molar-refractivity contribution in [2.45, 2.75) is 20.3 Å². The van der Waals surface area contributed by atoms with Gasteiger partial charge >= 0.3 is 0 Å². The Kier molecular flexibility index (Phi) is 6.13. The second kappa shape index (κ2) is 8.50. The zero-order valence-electron chi connectivity index (χ0n) is 14.1. The second-order valence-corrected chi connectivity index (χ2v) is 5.53. The molecular formula is C19H19N3O3. The van der Waals surface area contributed by atoms with Gasteiger partial charge < -0.3 is 15.4 Å².